The van der Waals surface area contributed by atoms with Crippen LogP contribution in [0.15, 0.2) is 6.07 Å². The molecule has 2 rings (SSSR count). The molecule has 68 valence electrons. The van der Waals surface area contributed by atoms with Gasteiger partial charge in [-0.3, -0.25) is 9.59 Å². The van der Waals surface area contributed by atoms with Crippen LogP contribution in [0.4, 0.5) is 5.82 Å². The van der Waals surface area contributed by atoms with E-state index >= 15 is 0 Å². The smallest absolute Gasteiger partial charge is 0.261 e. The van der Waals surface area contributed by atoms with Crippen LogP contribution in [-0.2, 0) is 4.79 Å². The monoisotopic (exact) mass is 179 g/mol. The molecule has 1 N–H and O–H groups in total. The standard InChI is InChI=1S/C8H9N3O2/c1-4-3-6-9-7(12)5(2)8(13)11(6)10-4/h3,5H,1-2H3,(H,9,12)/t5-/m0/s1. The highest BCUT2D eigenvalue weighted by Crippen LogP contribution is 2.18. The SMILES string of the molecule is Cc1cc2n(n1)C(=O)[C@@H](C)C(=O)N2. The quantitative estimate of drug-likeness (QED) is 0.587. The molecule has 5 heteroatoms. The maximum absolute atomic E-state index is 11.5. The van der Waals surface area contributed by atoms with Crippen LogP contribution in [0.3, 0.4) is 0 Å². The highest BCUT2D eigenvalue weighted by atomic mass is 16.2. The Morgan fingerprint density at radius 2 is 2.23 bits per heavy atom. The molecule has 1 atom stereocenters. The molecular formula is C8H9N3O2. The van der Waals surface area contributed by atoms with E-state index in [2.05, 4.69) is 10.4 Å². The van der Waals surface area contributed by atoms with Crippen molar-refractivity contribution in [3.05, 3.63) is 11.8 Å². The number of rotatable bonds is 0. The van der Waals surface area contributed by atoms with Gasteiger partial charge in [-0.1, -0.05) is 0 Å². The van der Waals surface area contributed by atoms with E-state index in [0.717, 1.165) is 5.69 Å². The topological polar surface area (TPSA) is 64.0 Å². The first-order valence-corrected chi connectivity index (χ1v) is 4.01. The van der Waals surface area contributed by atoms with Crippen molar-refractivity contribution in [3.8, 4) is 0 Å². The molecule has 1 aromatic heterocycles. The third-order valence-corrected chi connectivity index (χ3v) is 2.06. The first-order valence-electron chi connectivity index (χ1n) is 4.01. The van der Waals surface area contributed by atoms with E-state index in [0.29, 0.717) is 5.82 Å². The third-order valence-electron chi connectivity index (χ3n) is 2.06. The number of nitrogens with one attached hydrogen (secondary N) is 1. The highest BCUT2D eigenvalue weighted by Gasteiger charge is 2.31. The molecule has 0 saturated carbocycles. The van der Waals surface area contributed by atoms with Crippen LogP contribution in [-0.4, -0.2) is 21.6 Å². The van der Waals surface area contributed by atoms with Gasteiger partial charge in [-0.15, -0.1) is 0 Å². The van der Waals surface area contributed by atoms with E-state index in [4.69, 9.17) is 0 Å². The molecular weight excluding hydrogens is 170 g/mol. The summed E-state index contributed by atoms with van der Waals surface area (Å²) < 4.78 is 1.24. The lowest BCUT2D eigenvalue weighted by Crippen LogP contribution is -2.37. The maximum Gasteiger partial charge on any atom is 0.261 e. The highest BCUT2D eigenvalue weighted by molar-refractivity contribution is 6.10. The van der Waals surface area contributed by atoms with Crippen LogP contribution in [0.2, 0.25) is 0 Å². The number of aromatic nitrogens is 2. The summed E-state index contributed by atoms with van der Waals surface area (Å²) in [6.07, 6.45) is 0. The number of hydrogen-bond acceptors (Lipinski definition) is 3. The van der Waals surface area contributed by atoms with Crippen LogP contribution >= 0.6 is 0 Å². The summed E-state index contributed by atoms with van der Waals surface area (Å²) in [7, 11) is 0. The van der Waals surface area contributed by atoms with Crippen molar-refractivity contribution in [2.24, 2.45) is 5.92 Å². The zero-order chi connectivity index (χ0) is 9.59. The van der Waals surface area contributed by atoms with Crippen molar-refractivity contribution < 1.29 is 9.59 Å². The Morgan fingerprint density at radius 3 is 2.92 bits per heavy atom. The van der Waals surface area contributed by atoms with Crippen molar-refractivity contribution in [1.29, 1.82) is 0 Å². The van der Waals surface area contributed by atoms with E-state index in [-0.39, 0.29) is 11.8 Å². The number of amides is 1. The van der Waals surface area contributed by atoms with Gasteiger partial charge in [0.15, 0.2) is 0 Å². The fourth-order valence-corrected chi connectivity index (χ4v) is 1.29. The molecule has 0 saturated heterocycles. The zero-order valence-corrected chi connectivity index (χ0v) is 7.37. The Hall–Kier alpha value is -1.65. The normalized spacial score (nSPS) is 21.2. The zero-order valence-electron chi connectivity index (χ0n) is 7.37. The van der Waals surface area contributed by atoms with Crippen LogP contribution in [0.5, 0.6) is 0 Å². The summed E-state index contributed by atoms with van der Waals surface area (Å²) in [5.74, 6) is -0.721. The average Bonchev–Trinajstić information content (AvgIpc) is 2.42. The number of anilines is 1. The molecule has 0 radical (unpaired) electrons. The average molecular weight is 179 g/mol. The second-order valence-electron chi connectivity index (χ2n) is 3.13. The summed E-state index contributed by atoms with van der Waals surface area (Å²) in [5.41, 5.74) is 0.720. The van der Waals surface area contributed by atoms with Crippen LogP contribution < -0.4 is 5.32 Å². The molecule has 0 aromatic carbocycles. The minimum atomic E-state index is -0.646. The summed E-state index contributed by atoms with van der Waals surface area (Å²) in [5, 5.41) is 6.57. The van der Waals surface area contributed by atoms with Crippen molar-refractivity contribution in [2.45, 2.75) is 13.8 Å². The summed E-state index contributed by atoms with van der Waals surface area (Å²) >= 11 is 0. The molecule has 0 unspecified atom stereocenters. The molecule has 0 spiro atoms. The molecule has 5 nitrogen and oxygen atoms in total. The minimum absolute atomic E-state index is 0.266. The lowest BCUT2D eigenvalue weighted by Gasteiger charge is -2.17. The van der Waals surface area contributed by atoms with Crippen molar-refractivity contribution in [1.82, 2.24) is 9.78 Å². The van der Waals surface area contributed by atoms with E-state index < -0.39 is 5.92 Å². The number of fused-ring (bicyclic) bond motifs is 1. The molecule has 1 aliphatic rings. The van der Waals surface area contributed by atoms with Gasteiger partial charge < -0.3 is 5.32 Å². The lowest BCUT2D eigenvalue weighted by atomic mass is 10.1. The van der Waals surface area contributed by atoms with Gasteiger partial charge in [0, 0.05) is 6.07 Å². The molecule has 13 heavy (non-hydrogen) atoms. The fraction of sp³-hybridized carbons (Fsp3) is 0.375. The Balaban J connectivity index is 2.54. The minimum Gasteiger partial charge on any atom is -0.310 e. The number of carbonyl (C=O) groups is 2. The number of carbonyl (C=O) groups excluding carboxylic acids is 2. The number of aryl methyl sites for hydroxylation is 1. The Bertz CT molecular complexity index is 394. The second-order valence-corrected chi connectivity index (χ2v) is 3.13. The summed E-state index contributed by atoms with van der Waals surface area (Å²) in [4.78, 5) is 22.7. The predicted molar refractivity (Wildman–Crippen MR) is 45.4 cm³/mol. The molecule has 0 bridgehead atoms. The largest absolute Gasteiger partial charge is 0.310 e. The maximum atomic E-state index is 11.5. The van der Waals surface area contributed by atoms with Gasteiger partial charge in [0.2, 0.25) is 5.91 Å². The Kier molecular flexibility index (Phi) is 1.48. The van der Waals surface area contributed by atoms with E-state index in [1.165, 1.54) is 4.68 Å². The van der Waals surface area contributed by atoms with Gasteiger partial charge in [-0.2, -0.15) is 9.78 Å². The van der Waals surface area contributed by atoms with E-state index in [9.17, 15) is 9.59 Å². The Morgan fingerprint density at radius 1 is 1.54 bits per heavy atom. The van der Waals surface area contributed by atoms with Crippen molar-refractivity contribution in [3.63, 3.8) is 0 Å². The van der Waals surface area contributed by atoms with E-state index in [1.54, 1.807) is 19.9 Å². The second kappa shape index (κ2) is 2.42. The number of nitrogens with zero attached hydrogens (tertiary/aromatic N) is 2. The van der Waals surface area contributed by atoms with Gasteiger partial charge in [0.1, 0.15) is 11.7 Å². The summed E-state index contributed by atoms with van der Waals surface area (Å²) in [6.45, 7) is 3.34. The predicted octanol–water partition coefficient (Wildman–Crippen LogP) is 0.420. The van der Waals surface area contributed by atoms with Gasteiger partial charge in [-0.05, 0) is 13.8 Å². The summed E-state index contributed by atoms with van der Waals surface area (Å²) in [6, 6.07) is 1.67. The van der Waals surface area contributed by atoms with Crippen molar-refractivity contribution >= 4 is 17.6 Å². The fourth-order valence-electron chi connectivity index (χ4n) is 1.29. The van der Waals surface area contributed by atoms with Gasteiger partial charge in [0.05, 0.1) is 5.69 Å². The molecule has 2 heterocycles. The molecule has 0 fully saturated rings. The van der Waals surface area contributed by atoms with Gasteiger partial charge in [0.25, 0.3) is 5.91 Å². The molecule has 1 aliphatic heterocycles. The first-order chi connectivity index (χ1) is 6.09. The van der Waals surface area contributed by atoms with Crippen LogP contribution in [0, 0.1) is 12.8 Å². The number of hydrogen-bond donors (Lipinski definition) is 1. The third kappa shape index (κ3) is 1.04. The van der Waals surface area contributed by atoms with Gasteiger partial charge in [-0.25, -0.2) is 0 Å². The molecule has 0 aliphatic carbocycles. The van der Waals surface area contributed by atoms with Crippen molar-refractivity contribution in [2.75, 3.05) is 5.32 Å². The van der Waals surface area contributed by atoms with Crippen LogP contribution in [0.25, 0.3) is 0 Å². The molecule has 1 aromatic rings. The van der Waals surface area contributed by atoms with Gasteiger partial charge >= 0.3 is 0 Å². The first kappa shape index (κ1) is 7.97. The molecule has 1 amide bonds. The lowest BCUT2D eigenvalue weighted by molar-refractivity contribution is -0.118. The van der Waals surface area contributed by atoms with Crippen LogP contribution in [0.1, 0.15) is 17.4 Å². The Labute approximate surface area is 74.7 Å². The van der Waals surface area contributed by atoms with E-state index in [1.807, 2.05) is 0 Å².